The lowest BCUT2D eigenvalue weighted by Crippen LogP contribution is -2.48. The van der Waals surface area contributed by atoms with Gasteiger partial charge in [-0.25, -0.2) is 14.5 Å². The van der Waals surface area contributed by atoms with Gasteiger partial charge in [-0.2, -0.15) is 5.10 Å². The Morgan fingerprint density at radius 1 is 1.26 bits per heavy atom. The molecule has 0 saturated carbocycles. The predicted octanol–water partition coefficient (Wildman–Crippen LogP) is 2.66. The third kappa shape index (κ3) is 4.72. The highest BCUT2D eigenvalue weighted by Crippen LogP contribution is 2.21. The largest absolute Gasteiger partial charge is 0.449 e. The van der Waals surface area contributed by atoms with Gasteiger partial charge in [0.1, 0.15) is 12.7 Å². The fraction of sp³-hybridized carbons (Fsp3) is 0.500. The summed E-state index contributed by atoms with van der Waals surface area (Å²) in [6.45, 7) is 5.07. The van der Waals surface area contributed by atoms with Gasteiger partial charge in [-0.3, -0.25) is 4.79 Å². The predicted molar refractivity (Wildman–Crippen MR) is 100 cm³/mol. The van der Waals surface area contributed by atoms with E-state index in [0.717, 1.165) is 37.8 Å². The second-order valence-corrected chi connectivity index (χ2v) is 6.93. The first-order valence-corrected chi connectivity index (χ1v) is 9.51. The number of aromatic nitrogens is 3. The minimum atomic E-state index is -0.778. The van der Waals surface area contributed by atoms with Crippen LogP contribution in [0.3, 0.4) is 0 Å². The van der Waals surface area contributed by atoms with Crippen LogP contribution in [0.15, 0.2) is 36.9 Å². The third-order valence-electron chi connectivity index (χ3n) is 5.01. The molecule has 2 heterocycles. The first-order chi connectivity index (χ1) is 13.1. The number of piperidine rings is 1. The van der Waals surface area contributed by atoms with E-state index >= 15 is 0 Å². The van der Waals surface area contributed by atoms with Crippen LogP contribution < -0.4 is 0 Å². The van der Waals surface area contributed by atoms with Crippen molar-refractivity contribution in [3.8, 4) is 0 Å². The quantitative estimate of drug-likeness (QED) is 0.731. The zero-order chi connectivity index (χ0) is 19.2. The van der Waals surface area contributed by atoms with E-state index in [0.29, 0.717) is 12.1 Å². The van der Waals surface area contributed by atoms with Gasteiger partial charge in [0.2, 0.25) is 0 Å². The molecule has 27 heavy (non-hydrogen) atoms. The number of benzene rings is 1. The highest BCUT2D eigenvalue weighted by Gasteiger charge is 2.30. The molecule has 2 aromatic rings. The molecule has 0 N–H and O–H groups in total. The molecule has 0 bridgehead atoms. The maximum Gasteiger partial charge on any atom is 0.338 e. The monoisotopic (exact) mass is 370 g/mol. The van der Waals surface area contributed by atoms with Crippen LogP contribution in [0.4, 0.5) is 0 Å². The summed E-state index contributed by atoms with van der Waals surface area (Å²) < 4.78 is 7.14. The molecular weight excluding hydrogens is 344 g/mol. The van der Waals surface area contributed by atoms with Crippen molar-refractivity contribution < 1.29 is 14.3 Å². The van der Waals surface area contributed by atoms with Crippen molar-refractivity contribution in [3.63, 3.8) is 0 Å². The number of nitrogens with zero attached hydrogens (tertiary/aromatic N) is 4. The van der Waals surface area contributed by atoms with E-state index in [1.165, 1.54) is 6.33 Å². The Hall–Kier alpha value is -2.70. The lowest BCUT2D eigenvalue weighted by Gasteiger charge is -2.36. The minimum absolute atomic E-state index is 0.0993. The Bertz CT molecular complexity index is 758. The first-order valence-electron chi connectivity index (χ1n) is 9.51. The Morgan fingerprint density at radius 3 is 2.70 bits per heavy atom. The summed E-state index contributed by atoms with van der Waals surface area (Å²) in [6.07, 6.45) is 6.46. The molecule has 1 aliphatic heterocycles. The highest BCUT2D eigenvalue weighted by atomic mass is 16.5. The van der Waals surface area contributed by atoms with E-state index in [4.69, 9.17) is 4.74 Å². The molecule has 0 radical (unpaired) electrons. The van der Waals surface area contributed by atoms with Gasteiger partial charge in [0.05, 0.1) is 12.1 Å². The molecule has 1 fully saturated rings. The summed E-state index contributed by atoms with van der Waals surface area (Å²) in [4.78, 5) is 30.9. The van der Waals surface area contributed by atoms with Gasteiger partial charge in [-0.15, -0.1) is 0 Å². The lowest BCUT2D eigenvalue weighted by molar-refractivity contribution is -0.143. The number of likely N-dealkylation sites (tertiary alicyclic amines) is 1. The standard InChI is InChI=1S/C20H26N4O3/c1-3-18-6-4-5-11-24(18)19(25)15(2)27-20(26)17-9-7-16(8-10-17)12-23-14-21-13-22-23/h7-10,13-15,18H,3-6,11-12H2,1-2H3. The van der Waals surface area contributed by atoms with Gasteiger partial charge in [-0.05, 0) is 50.3 Å². The normalized spacial score (nSPS) is 18.1. The van der Waals surface area contributed by atoms with Crippen LogP contribution in [0.25, 0.3) is 0 Å². The fourth-order valence-electron chi connectivity index (χ4n) is 3.48. The minimum Gasteiger partial charge on any atom is -0.449 e. The SMILES string of the molecule is CCC1CCCCN1C(=O)C(C)OC(=O)c1ccc(Cn2cncn2)cc1. The van der Waals surface area contributed by atoms with E-state index in [9.17, 15) is 9.59 Å². The molecule has 1 aromatic heterocycles. The fourth-order valence-corrected chi connectivity index (χ4v) is 3.48. The molecular formula is C20H26N4O3. The molecule has 0 aliphatic carbocycles. The number of amides is 1. The maximum absolute atomic E-state index is 12.7. The van der Waals surface area contributed by atoms with Gasteiger partial charge in [0.25, 0.3) is 5.91 Å². The van der Waals surface area contributed by atoms with Crippen molar-refractivity contribution in [2.75, 3.05) is 6.54 Å². The molecule has 2 unspecified atom stereocenters. The smallest absolute Gasteiger partial charge is 0.338 e. The van der Waals surface area contributed by atoms with Crippen LogP contribution in [-0.2, 0) is 16.1 Å². The van der Waals surface area contributed by atoms with Crippen molar-refractivity contribution in [1.29, 1.82) is 0 Å². The van der Waals surface area contributed by atoms with Crippen molar-refractivity contribution in [1.82, 2.24) is 19.7 Å². The highest BCUT2D eigenvalue weighted by molar-refractivity contribution is 5.92. The lowest BCUT2D eigenvalue weighted by atomic mass is 9.99. The van der Waals surface area contributed by atoms with E-state index in [1.807, 2.05) is 17.0 Å². The first kappa shape index (κ1) is 19.1. The average molecular weight is 370 g/mol. The second kappa shape index (κ2) is 8.79. The summed E-state index contributed by atoms with van der Waals surface area (Å²) in [5.41, 5.74) is 1.43. The molecule has 144 valence electrons. The number of rotatable bonds is 6. The Kier molecular flexibility index (Phi) is 6.21. The Morgan fingerprint density at radius 2 is 2.04 bits per heavy atom. The zero-order valence-corrected chi connectivity index (χ0v) is 15.9. The molecule has 1 saturated heterocycles. The number of hydrogen-bond acceptors (Lipinski definition) is 5. The van der Waals surface area contributed by atoms with Crippen molar-refractivity contribution in [2.45, 2.75) is 58.2 Å². The molecule has 1 aliphatic rings. The van der Waals surface area contributed by atoms with Crippen molar-refractivity contribution in [3.05, 3.63) is 48.0 Å². The number of carbonyl (C=O) groups is 2. The summed E-state index contributed by atoms with van der Waals surface area (Å²) in [5, 5.41) is 4.06. The van der Waals surface area contributed by atoms with E-state index < -0.39 is 12.1 Å². The summed E-state index contributed by atoms with van der Waals surface area (Å²) in [5.74, 6) is -0.578. The molecule has 2 atom stereocenters. The van der Waals surface area contributed by atoms with Crippen molar-refractivity contribution >= 4 is 11.9 Å². The van der Waals surface area contributed by atoms with Crippen LogP contribution in [0.2, 0.25) is 0 Å². The maximum atomic E-state index is 12.7. The molecule has 7 nitrogen and oxygen atoms in total. The summed E-state index contributed by atoms with van der Waals surface area (Å²) in [6, 6.07) is 7.37. The Labute approximate surface area is 159 Å². The topological polar surface area (TPSA) is 77.3 Å². The van der Waals surface area contributed by atoms with E-state index in [-0.39, 0.29) is 11.9 Å². The van der Waals surface area contributed by atoms with Gasteiger partial charge in [-0.1, -0.05) is 19.1 Å². The van der Waals surface area contributed by atoms with Crippen LogP contribution in [0, 0.1) is 0 Å². The van der Waals surface area contributed by atoms with Crippen LogP contribution in [-0.4, -0.2) is 50.2 Å². The van der Waals surface area contributed by atoms with Gasteiger partial charge < -0.3 is 9.64 Å². The average Bonchev–Trinajstić information content (AvgIpc) is 3.20. The van der Waals surface area contributed by atoms with Crippen LogP contribution >= 0.6 is 0 Å². The molecule has 1 amide bonds. The zero-order valence-electron chi connectivity index (χ0n) is 15.9. The van der Waals surface area contributed by atoms with Gasteiger partial charge in [0, 0.05) is 12.6 Å². The van der Waals surface area contributed by atoms with E-state index in [1.54, 1.807) is 30.1 Å². The summed E-state index contributed by atoms with van der Waals surface area (Å²) in [7, 11) is 0. The molecule has 0 spiro atoms. The number of esters is 1. The molecule has 3 rings (SSSR count). The van der Waals surface area contributed by atoms with Gasteiger partial charge in [0.15, 0.2) is 6.10 Å². The number of carbonyl (C=O) groups excluding carboxylic acids is 2. The van der Waals surface area contributed by atoms with Crippen LogP contribution in [0.5, 0.6) is 0 Å². The molecule has 7 heteroatoms. The third-order valence-corrected chi connectivity index (χ3v) is 5.01. The summed E-state index contributed by atoms with van der Waals surface area (Å²) >= 11 is 0. The van der Waals surface area contributed by atoms with Crippen LogP contribution in [0.1, 0.15) is 55.5 Å². The Balaban J connectivity index is 1.58. The molecule has 1 aromatic carbocycles. The number of ether oxygens (including phenoxy) is 1. The number of hydrogen-bond donors (Lipinski definition) is 0. The van der Waals surface area contributed by atoms with Gasteiger partial charge >= 0.3 is 5.97 Å². The van der Waals surface area contributed by atoms with E-state index in [2.05, 4.69) is 17.0 Å². The van der Waals surface area contributed by atoms with Crippen molar-refractivity contribution in [2.24, 2.45) is 0 Å². The second-order valence-electron chi connectivity index (χ2n) is 6.93.